The van der Waals surface area contributed by atoms with Crippen LogP contribution in [-0.2, 0) is 0 Å². The van der Waals surface area contributed by atoms with E-state index in [-0.39, 0.29) is 11.8 Å². The van der Waals surface area contributed by atoms with Crippen molar-refractivity contribution >= 4 is 5.69 Å². The van der Waals surface area contributed by atoms with E-state index in [1.807, 2.05) is 0 Å². The van der Waals surface area contributed by atoms with E-state index in [2.05, 4.69) is 11.1 Å². The molecule has 1 aromatic heterocycles. The van der Waals surface area contributed by atoms with Crippen LogP contribution in [0, 0.1) is 34.3 Å². The highest BCUT2D eigenvalue weighted by atomic mass is 16.6. The smallest absolute Gasteiger partial charge is 0.332 e. The zero-order valence-corrected chi connectivity index (χ0v) is 9.27. The molecule has 6 nitrogen and oxygen atoms in total. The fourth-order valence-electron chi connectivity index (χ4n) is 2.10. The quantitative estimate of drug-likeness (QED) is 0.633. The number of H-pyrrole nitrogens is 1. The molecule has 0 radical (unpaired) electrons. The molecule has 2 rings (SSSR count). The van der Waals surface area contributed by atoms with Crippen molar-refractivity contribution < 1.29 is 4.92 Å². The SMILES string of the molecule is Cc1c(C2CC2CC#N)[nH]cc([N+](=O)[O-])c1=O. The van der Waals surface area contributed by atoms with Crippen LogP contribution in [0.15, 0.2) is 11.0 Å². The van der Waals surface area contributed by atoms with Gasteiger partial charge in [-0.1, -0.05) is 0 Å². The van der Waals surface area contributed by atoms with Gasteiger partial charge in [0.25, 0.3) is 5.43 Å². The number of nitro groups is 1. The van der Waals surface area contributed by atoms with Gasteiger partial charge in [-0.2, -0.15) is 5.26 Å². The van der Waals surface area contributed by atoms with E-state index in [1.54, 1.807) is 6.92 Å². The average Bonchev–Trinajstić information content (AvgIpc) is 3.01. The topological polar surface area (TPSA) is 99.8 Å². The van der Waals surface area contributed by atoms with Crippen molar-refractivity contribution in [2.75, 3.05) is 0 Å². The maximum absolute atomic E-state index is 11.7. The van der Waals surface area contributed by atoms with Crippen LogP contribution in [0.1, 0.15) is 30.0 Å². The van der Waals surface area contributed by atoms with Crippen LogP contribution in [0.5, 0.6) is 0 Å². The van der Waals surface area contributed by atoms with Crippen LogP contribution in [-0.4, -0.2) is 9.91 Å². The summed E-state index contributed by atoms with van der Waals surface area (Å²) in [6.07, 6.45) is 2.47. The van der Waals surface area contributed by atoms with Gasteiger partial charge in [0.15, 0.2) is 0 Å². The lowest BCUT2D eigenvalue weighted by Gasteiger charge is -2.03. The van der Waals surface area contributed by atoms with Crippen LogP contribution in [0.2, 0.25) is 0 Å². The first-order chi connectivity index (χ1) is 8.06. The van der Waals surface area contributed by atoms with Gasteiger partial charge in [0.2, 0.25) is 0 Å². The van der Waals surface area contributed by atoms with E-state index >= 15 is 0 Å². The van der Waals surface area contributed by atoms with Crippen LogP contribution in [0.25, 0.3) is 0 Å². The minimum atomic E-state index is -0.685. The monoisotopic (exact) mass is 233 g/mol. The summed E-state index contributed by atoms with van der Waals surface area (Å²) < 4.78 is 0. The molecule has 1 N–H and O–H groups in total. The summed E-state index contributed by atoms with van der Waals surface area (Å²) in [4.78, 5) is 24.4. The van der Waals surface area contributed by atoms with E-state index in [1.165, 1.54) is 0 Å². The maximum Gasteiger partial charge on any atom is 0.332 e. The van der Waals surface area contributed by atoms with Gasteiger partial charge in [-0.05, 0) is 19.3 Å². The Morgan fingerprint density at radius 3 is 3.00 bits per heavy atom. The highest BCUT2D eigenvalue weighted by Gasteiger charge is 2.40. The molecule has 0 saturated heterocycles. The van der Waals surface area contributed by atoms with E-state index in [9.17, 15) is 14.9 Å². The van der Waals surface area contributed by atoms with Gasteiger partial charge < -0.3 is 4.98 Å². The molecule has 88 valence electrons. The van der Waals surface area contributed by atoms with Crippen molar-refractivity contribution in [3.63, 3.8) is 0 Å². The summed E-state index contributed by atoms with van der Waals surface area (Å²) in [6.45, 7) is 1.59. The molecule has 0 bridgehead atoms. The average molecular weight is 233 g/mol. The maximum atomic E-state index is 11.7. The number of aromatic nitrogens is 1. The number of nitriles is 1. The van der Waals surface area contributed by atoms with Crippen molar-refractivity contribution in [1.29, 1.82) is 5.26 Å². The minimum absolute atomic E-state index is 0.170. The summed E-state index contributed by atoms with van der Waals surface area (Å²) in [5, 5.41) is 19.2. The summed E-state index contributed by atoms with van der Waals surface area (Å²) >= 11 is 0. The van der Waals surface area contributed by atoms with Gasteiger partial charge in [-0.25, -0.2) is 0 Å². The van der Waals surface area contributed by atoms with Gasteiger partial charge in [0.05, 0.1) is 17.2 Å². The van der Waals surface area contributed by atoms with Gasteiger partial charge in [-0.15, -0.1) is 0 Å². The lowest BCUT2D eigenvalue weighted by Crippen LogP contribution is -2.14. The van der Waals surface area contributed by atoms with Crippen molar-refractivity contribution in [3.8, 4) is 6.07 Å². The summed E-state index contributed by atoms with van der Waals surface area (Å²) in [7, 11) is 0. The fourth-order valence-corrected chi connectivity index (χ4v) is 2.10. The standard InChI is InChI=1S/C11H11N3O3/c1-6-10(8-4-7(8)2-3-12)13-5-9(11(6)15)14(16)17/h5,7-8H,2,4H2,1H3,(H,13,15). The number of pyridine rings is 1. The molecule has 1 saturated carbocycles. The minimum Gasteiger partial charge on any atom is -0.359 e. The highest BCUT2D eigenvalue weighted by Crippen LogP contribution is 2.49. The van der Waals surface area contributed by atoms with Gasteiger partial charge in [0, 0.05) is 23.6 Å². The second kappa shape index (κ2) is 4.01. The second-order valence-corrected chi connectivity index (χ2v) is 4.26. The Labute approximate surface area is 97.0 Å². The number of rotatable bonds is 3. The third-order valence-corrected chi connectivity index (χ3v) is 3.19. The molecule has 2 unspecified atom stereocenters. The highest BCUT2D eigenvalue weighted by molar-refractivity contribution is 5.37. The molecule has 1 aliphatic carbocycles. The Hall–Kier alpha value is -2.16. The summed E-state index contributed by atoms with van der Waals surface area (Å²) in [5.41, 5.74) is 0.167. The molecule has 0 aliphatic heterocycles. The Morgan fingerprint density at radius 1 is 1.71 bits per heavy atom. The molecule has 0 spiro atoms. The Balaban J connectivity index is 2.34. The predicted octanol–water partition coefficient (Wildman–Crippen LogP) is 1.61. The zero-order chi connectivity index (χ0) is 12.6. The normalized spacial score (nSPS) is 21.9. The predicted molar refractivity (Wildman–Crippen MR) is 59.5 cm³/mol. The largest absolute Gasteiger partial charge is 0.359 e. The third kappa shape index (κ3) is 1.91. The molecule has 17 heavy (non-hydrogen) atoms. The van der Waals surface area contributed by atoms with E-state index < -0.39 is 16.0 Å². The van der Waals surface area contributed by atoms with E-state index in [0.29, 0.717) is 12.0 Å². The molecule has 1 heterocycles. The third-order valence-electron chi connectivity index (χ3n) is 3.19. The fraction of sp³-hybridized carbons (Fsp3) is 0.455. The van der Waals surface area contributed by atoms with Crippen molar-refractivity contribution in [2.24, 2.45) is 5.92 Å². The first-order valence-electron chi connectivity index (χ1n) is 5.29. The van der Waals surface area contributed by atoms with Crippen LogP contribution in [0.3, 0.4) is 0 Å². The zero-order valence-electron chi connectivity index (χ0n) is 9.27. The first-order valence-corrected chi connectivity index (χ1v) is 5.29. The van der Waals surface area contributed by atoms with E-state index in [0.717, 1.165) is 18.3 Å². The molecule has 0 aromatic carbocycles. The number of hydrogen-bond acceptors (Lipinski definition) is 4. The number of aromatic amines is 1. The first kappa shape index (κ1) is 11.3. The number of nitrogens with zero attached hydrogens (tertiary/aromatic N) is 2. The van der Waals surface area contributed by atoms with Gasteiger partial charge in [-0.3, -0.25) is 14.9 Å². The van der Waals surface area contributed by atoms with Gasteiger partial charge >= 0.3 is 5.69 Å². The lowest BCUT2D eigenvalue weighted by molar-refractivity contribution is -0.386. The molecule has 6 heteroatoms. The van der Waals surface area contributed by atoms with Crippen LogP contribution < -0.4 is 5.43 Å². The van der Waals surface area contributed by atoms with Gasteiger partial charge in [0.1, 0.15) is 0 Å². The molecule has 1 aliphatic rings. The molecule has 1 fully saturated rings. The molecular formula is C11H11N3O3. The van der Waals surface area contributed by atoms with E-state index in [4.69, 9.17) is 5.26 Å². The Bertz CT molecular complexity index is 570. The van der Waals surface area contributed by atoms with Crippen molar-refractivity contribution in [2.45, 2.75) is 25.7 Å². The number of nitrogens with one attached hydrogen (secondary N) is 1. The summed E-state index contributed by atoms with van der Waals surface area (Å²) in [5.74, 6) is 0.443. The Morgan fingerprint density at radius 2 is 2.41 bits per heavy atom. The molecule has 1 aromatic rings. The van der Waals surface area contributed by atoms with Crippen LogP contribution >= 0.6 is 0 Å². The molecule has 0 amide bonds. The molecule has 2 atom stereocenters. The second-order valence-electron chi connectivity index (χ2n) is 4.26. The van der Waals surface area contributed by atoms with Crippen LogP contribution in [0.4, 0.5) is 5.69 Å². The lowest BCUT2D eigenvalue weighted by atomic mass is 10.1. The summed E-state index contributed by atoms with van der Waals surface area (Å²) in [6, 6.07) is 2.09. The number of hydrogen-bond donors (Lipinski definition) is 1. The van der Waals surface area contributed by atoms with Crippen molar-refractivity contribution in [1.82, 2.24) is 4.98 Å². The van der Waals surface area contributed by atoms with Crippen molar-refractivity contribution in [3.05, 3.63) is 37.8 Å². The molecular weight excluding hydrogens is 222 g/mol. The Kier molecular flexibility index (Phi) is 2.68.